The van der Waals surface area contributed by atoms with Crippen molar-refractivity contribution in [3.8, 4) is 0 Å². The summed E-state index contributed by atoms with van der Waals surface area (Å²) in [5.41, 5.74) is 1.98. The van der Waals surface area contributed by atoms with Gasteiger partial charge in [0.05, 0.1) is 12.2 Å². The fraction of sp³-hybridized carbons (Fsp3) is 0.579. The van der Waals surface area contributed by atoms with Crippen LogP contribution in [-0.4, -0.2) is 17.3 Å². The molecule has 2 rings (SSSR count). The van der Waals surface area contributed by atoms with Crippen LogP contribution in [0.5, 0.6) is 0 Å². The summed E-state index contributed by atoms with van der Waals surface area (Å²) in [5, 5.41) is 10.3. The molecule has 0 amide bonds. The number of rotatable bonds is 7. The number of ether oxygens (including phenoxy) is 1. The molecule has 0 bridgehead atoms. The Morgan fingerprint density at radius 1 is 1.38 bits per heavy atom. The number of hydrogen-bond donors (Lipinski definition) is 1. The second kappa shape index (κ2) is 7.24. The molecule has 1 aromatic carbocycles. The Hall–Kier alpha value is -1.12. The topological polar surface area (TPSA) is 29.5 Å². The number of aliphatic hydroxyl groups is 1. The van der Waals surface area contributed by atoms with Gasteiger partial charge in [-0.05, 0) is 50.0 Å². The monoisotopic (exact) mass is 288 g/mol. The van der Waals surface area contributed by atoms with E-state index < -0.39 is 5.60 Å². The number of benzene rings is 1. The lowest BCUT2D eigenvalue weighted by molar-refractivity contribution is 0.0213. The van der Waals surface area contributed by atoms with Gasteiger partial charge in [-0.15, -0.1) is 0 Å². The lowest BCUT2D eigenvalue weighted by Gasteiger charge is -2.26. The molecule has 21 heavy (non-hydrogen) atoms. The minimum atomic E-state index is -0.516. The van der Waals surface area contributed by atoms with Crippen molar-refractivity contribution >= 4 is 0 Å². The standard InChI is InChI=1S/C19H28O2/c1-15(18-11-12-19(3,20)16(18)2)8-7-13-21-14-17-9-5-4-6-10-17/h4-6,9-10,16,18,20H,1,7-8,11-14H2,2-3H3/t16-,18-,19+/m0/s1. The van der Waals surface area contributed by atoms with E-state index in [-0.39, 0.29) is 0 Å². The second-order valence-electron chi connectivity index (χ2n) is 6.59. The summed E-state index contributed by atoms with van der Waals surface area (Å²) in [6.45, 7) is 9.79. The van der Waals surface area contributed by atoms with Crippen LogP contribution in [0.3, 0.4) is 0 Å². The van der Waals surface area contributed by atoms with Crippen molar-refractivity contribution in [3.63, 3.8) is 0 Å². The smallest absolute Gasteiger partial charge is 0.0716 e. The normalized spacial score (nSPS) is 28.7. The predicted octanol–water partition coefficient (Wildman–Crippen LogP) is 4.34. The Kier molecular flexibility index (Phi) is 5.60. The van der Waals surface area contributed by atoms with Gasteiger partial charge < -0.3 is 9.84 Å². The molecular formula is C19H28O2. The third-order valence-corrected chi connectivity index (χ3v) is 4.97. The lowest BCUT2D eigenvalue weighted by atomic mass is 9.83. The van der Waals surface area contributed by atoms with E-state index in [1.807, 2.05) is 25.1 Å². The van der Waals surface area contributed by atoms with Gasteiger partial charge in [-0.25, -0.2) is 0 Å². The van der Waals surface area contributed by atoms with Crippen molar-refractivity contribution in [2.24, 2.45) is 11.8 Å². The van der Waals surface area contributed by atoms with Crippen LogP contribution in [0, 0.1) is 11.8 Å². The van der Waals surface area contributed by atoms with E-state index in [2.05, 4.69) is 25.6 Å². The fourth-order valence-electron chi connectivity index (χ4n) is 3.27. The molecule has 1 aliphatic carbocycles. The molecular weight excluding hydrogens is 260 g/mol. The maximum Gasteiger partial charge on any atom is 0.0716 e. The maximum absolute atomic E-state index is 10.3. The van der Waals surface area contributed by atoms with E-state index in [1.165, 1.54) is 11.1 Å². The molecule has 3 atom stereocenters. The first kappa shape index (κ1) is 16.3. The predicted molar refractivity (Wildman–Crippen MR) is 87.0 cm³/mol. The first-order chi connectivity index (χ1) is 10.0. The molecule has 0 radical (unpaired) electrons. The first-order valence-corrected chi connectivity index (χ1v) is 8.02. The fourth-order valence-corrected chi connectivity index (χ4v) is 3.27. The molecule has 0 spiro atoms. The Morgan fingerprint density at radius 2 is 2.10 bits per heavy atom. The molecule has 2 nitrogen and oxygen atoms in total. The van der Waals surface area contributed by atoms with E-state index in [9.17, 15) is 5.11 Å². The summed E-state index contributed by atoms with van der Waals surface area (Å²) in [7, 11) is 0. The van der Waals surface area contributed by atoms with Crippen LogP contribution in [0.2, 0.25) is 0 Å². The van der Waals surface area contributed by atoms with Gasteiger partial charge >= 0.3 is 0 Å². The van der Waals surface area contributed by atoms with E-state index in [0.29, 0.717) is 18.4 Å². The second-order valence-corrected chi connectivity index (χ2v) is 6.59. The van der Waals surface area contributed by atoms with Gasteiger partial charge in [-0.3, -0.25) is 0 Å². The molecule has 0 aromatic heterocycles. The van der Waals surface area contributed by atoms with Crippen LogP contribution in [0.4, 0.5) is 0 Å². The molecule has 0 heterocycles. The van der Waals surface area contributed by atoms with Crippen molar-refractivity contribution in [1.29, 1.82) is 0 Å². The van der Waals surface area contributed by atoms with Crippen molar-refractivity contribution in [1.82, 2.24) is 0 Å². The van der Waals surface area contributed by atoms with Crippen molar-refractivity contribution in [2.45, 2.75) is 51.7 Å². The zero-order valence-corrected chi connectivity index (χ0v) is 13.3. The quantitative estimate of drug-likeness (QED) is 0.597. The molecule has 1 aromatic rings. The molecule has 1 N–H and O–H groups in total. The van der Waals surface area contributed by atoms with Crippen LogP contribution in [0.25, 0.3) is 0 Å². The lowest BCUT2D eigenvalue weighted by Crippen LogP contribution is -2.29. The van der Waals surface area contributed by atoms with Crippen LogP contribution in [-0.2, 0) is 11.3 Å². The SMILES string of the molecule is C=C(CCCOCc1ccccc1)[C@@H]1CC[C@@](C)(O)[C@H]1C. The molecule has 1 saturated carbocycles. The average Bonchev–Trinajstić information content (AvgIpc) is 2.74. The summed E-state index contributed by atoms with van der Waals surface area (Å²) in [6.07, 6.45) is 3.97. The van der Waals surface area contributed by atoms with Crippen molar-refractivity contribution in [3.05, 3.63) is 48.0 Å². The average molecular weight is 288 g/mol. The molecule has 2 heteroatoms. The summed E-state index contributed by atoms with van der Waals surface area (Å²) >= 11 is 0. The van der Waals surface area contributed by atoms with Gasteiger partial charge in [-0.2, -0.15) is 0 Å². The minimum absolute atomic E-state index is 0.315. The zero-order chi connectivity index (χ0) is 15.3. The van der Waals surface area contributed by atoms with E-state index in [4.69, 9.17) is 4.74 Å². The summed E-state index contributed by atoms with van der Waals surface area (Å²) in [4.78, 5) is 0. The molecule has 0 aliphatic heterocycles. The largest absolute Gasteiger partial charge is 0.390 e. The van der Waals surface area contributed by atoms with Crippen LogP contribution < -0.4 is 0 Å². The van der Waals surface area contributed by atoms with Gasteiger partial charge in [0, 0.05) is 6.61 Å². The van der Waals surface area contributed by atoms with E-state index in [0.717, 1.165) is 32.3 Å². The Balaban J connectivity index is 1.64. The summed E-state index contributed by atoms with van der Waals surface area (Å²) < 4.78 is 5.71. The maximum atomic E-state index is 10.3. The minimum Gasteiger partial charge on any atom is -0.390 e. The van der Waals surface area contributed by atoms with Gasteiger partial charge in [0.2, 0.25) is 0 Å². The molecule has 0 saturated heterocycles. The highest BCUT2D eigenvalue weighted by Gasteiger charge is 2.41. The third-order valence-electron chi connectivity index (χ3n) is 4.97. The van der Waals surface area contributed by atoms with Gasteiger partial charge in [0.25, 0.3) is 0 Å². The van der Waals surface area contributed by atoms with Crippen LogP contribution in [0.15, 0.2) is 42.5 Å². The van der Waals surface area contributed by atoms with Crippen LogP contribution in [0.1, 0.15) is 45.1 Å². The summed E-state index contributed by atoms with van der Waals surface area (Å²) in [5.74, 6) is 0.782. The highest BCUT2D eigenvalue weighted by molar-refractivity contribution is 5.13. The highest BCUT2D eigenvalue weighted by atomic mass is 16.5. The molecule has 116 valence electrons. The Labute approximate surface area is 128 Å². The molecule has 1 aliphatic rings. The number of hydrogen-bond acceptors (Lipinski definition) is 2. The van der Waals surface area contributed by atoms with Crippen molar-refractivity contribution < 1.29 is 9.84 Å². The third kappa shape index (κ3) is 4.42. The van der Waals surface area contributed by atoms with Gasteiger partial charge in [-0.1, -0.05) is 49.4 Å². The highest BCUT2D eigenvalue weighted by Crippen LogP contribution is 2.43. The zero-order valence-electron chi connectivity index (χ0n) is 13.3. The molecule has 1 fully saturated rings. The Bertz CT molecular complexity index is 450. The number of allylic oxidation sites excluding steroid dienone is 1. The first-order valence-electron chi connectivity index (χ1n) is 8.02. The van der Waals surface area contributed by atoms with Gasteiger partial charge in [0.1, 0.15) is 0 Å². The van der Waals surface area contributed by atoms with Crippen molar-refractivity contribution in [2.75, 3.05) is 6.61 Å². The Morgan fingerprint density at radius 3 is 2.71 bits per heavy atom. The van der Waals surface area contributed by atoms with E-state index >= 15 is 0 Å². The summed E-state index contributed by atoms with van der Waals surface area (Å²) in [6, 6.07) is 10.3. The van der Waals surface area contributed by atoms with E-state index in [1.54, 1.807) is 0 Å². The van der Waals surface area contributed by atoms with Gasteiger partial charge in [0.15, 0.2) is 0 Å². The van der Waals surface area contributed by atoms with Crippen LogP contribution >= 0.6 is 0 Å². The molecule has 0 unspecified atom stereocenters.